The van der Waals surface area contributed by atoms with Gasteiger partial charge in [-0.3, -0.25) is 0 Å². The molecule has 8 aliphatic carbocycles. The van der Waals surface area contributed by atoms with Crippen molar-refractivity contribution in [2.45, 2.75) is 261 Å². The Hall–Kier alpha value is -13.5. The normalized spacial score (nSPS) is 10.9. The Labute approximate surface area is 817 Å². The maximum atomic E-state index is 14.1. The fourth-order valence-electron chi connectivity index (χ4n) is 16.8. The first-order valence-corrected chi connectivity index (χ1v) is 50.6. The second-order valence-electron chi connectivity index (χ2n) is 35.3. The lowest BCUT2D eigenvalue weighted by atomic mass is 9.90. The predicted octanol–water partition coefficient (Wildman–Crippen LogP) is 29.3. The highest BCUT2D eigenvalue weighted by molar-refractivity contribution is 6.15. The van der Waals surface area contributed by atoms with Gasteiger partial charge in [0.1, 0.15) is 0 Å². The van der Waals surface area contributed by atoms with Gasteiger partial charge in [-0.15, -0.1) is 0 Å². The molecule has 0 N–H and O–H groups in total. The number of benzene rings is 3. The molecule has 16 heteroatoms. The van der Waals surface area contributed by atoms with Crippen LogP contribution in [-0.2, 0) is 37.9 Å². The number of carbonyl (C=O) groups excluding carboxylic acids is 8. The molecule has 0 unspecified atom stereocenters. The first kappa shape index (κ1) is 105. The van der Waals surface area contributed by atoms with Gasteiger partial charge in [0.2, 0.25) is 0 Å². The van der Waals surface area contributed by atoms with Crippen molar-refractivity contribution in [1.29, 1.82) is 0 Å². The lowest BCUT2D eigenvalue weighted by Gasteiger charge is -2.13. The molecule has 0 saturated heterocycles. The van der Waals surface area contributed by atoms with Gasteiger partial charge in [0.25, 0.3) is 0 Å². The van der Waals surface area contributed by atoms with E-state index in [-0.39, 0.29) is 97.4 Å². The summed E-state index contributed by atoms with van der Waals surface area (Å²) < 4.78 is 47.1. The highest BCUT2D eigenvalue weighted by Gasteiger charge is 2.31. The summed E-state index contributed by atoms with van der Waals surface area (Å²) in [6.07, 6.45) is 33.1. The number of allylic oxidation sites excluding steroid dienone is 2. The van der Waals surface area contributed by atoms with E-state index in [4.69, 9.17) is 37.9 Å². The fraction of sp³-hybridized carbons (Fsp3) is 0.393. The van der Waals surface area contributed by atoms with Crippen molar-refractivity contribution in [3.8, 4) is 91.9 Å². The van der Waals surface area contributed by atoms with Crippen molar-refractivity contribution in [2.75, 3.05) is 52.9 Å². The van der Waals surface area contributed by atoms with E-state index in [0.717, 1.165) is 187 Å². The molecule has 718 valence electrons. The number of hydrogen-bond acceptors (Lipinski definition) is 16. The summed E-state index contributed by atoms with van der Waals surface area (Å²) in [7, 11) is 0. The van der Waals surface area contributed by atoms with E-state index in [0.29, 0.717) is 129 Å². The average molecular weight is 1860 g/mol. The molecule has 16 nitrogen and oxygen atoms in total. The highest BCUT2D eigenvalue weighted by Crippen LogP contribution is 2.41. The Morgan fingerprint density at radius 1 is 0.203 bits per heavy atom. The molecule has 0 atom stereocenters. The van der Waals surface area contributed by atoms with Crippen LogP contribution in [0.1, 0.15) is 377 Å². The topological polar surface area (TPSA) is 210 Å². The van der Waals surface area contributed by atoms with Gasteiger partial charge in [0, 0.05) is 22.3 Å². The van der Waals surface area contributed by atoms with Crippen LogP contribution in [-0.4, -0.2) is 101 Å². The third-order valence-corrected chi connectivity index (χ3v) is 24.6. The number of fused-ring (bicyclic) bond motifs is 6. The average Bonchev–Trinajstić information content (AvgIpc) is 0.934. The van der Waals surface area contributed by atoms with E-state index < -0.39 is 47.8 Å². The molecule has 0 fully saturated rings. The lowest BCUT2D eigenvalue weighted by molar-refractivity contribution is 0.0482. The summed E-state index contributed by atoms with van der Waals surface area (Å²) in [6, 6.07) is 51.1. The molecule has 138 heavy (non-hydrogen) atoms. The van der Waals surface area contributed by atoms with Crippen LogP contribution in [0.3, 0.4) is 0 Å². The summed E-state index contributed by atoms with van der Waals surface area (Å²) in [5, 5.41) is 3.23. The number of unbranched alkanes of at least 4 members (excludes halogenated alkanes) is 24. The molecule has 0 saturated carbocycles. The molecule has 0 radical (unpaired) electrons. The Bertz CT molecular complexity index is 5220. The minimum Gasteiger partial charge on any atom is -0.462 e. The van der Waals surface area contributed by atoms with Gasteiger partial charge < -0.3 is 37.9 Å². The van der Waals surface area contributed by atoms with E-state index >= 15 is 0 Å². The fourth-order valence-corrected chi connectivity index (χ4v) is 16.8. The molecule has 0 aromatic heterocycles. The molecule has 11 rings (SSSR count). The number of carbonyl (C=O) groups is 8. The number of hydrogen-bond donors (Lipinski definition) is 0. The van der Waals surface area contributed by atoms with Crippen LogP contribution >= 0.6 is 0 Å². The smallest absolute Gasteiger partial charge is 0.338 e. The van der Waals surface area contributed by atoms with Crippen LogP contribution in [0.5, 0.6) is 0 Å². The standard InChI is InChI=1S/C122H134O16/c1-9-17-25-37-73-131-115(123)107-83-108(116(124)132-74-38-26-18-10-2)98-66-58-87(57-65-97(98)107)49-53-91(54-50-88-59-67-99-100(68-60-88)110(118(126)134-76-40-28-20-12-4)84-109(99)117(125)133-75-39-27-19-11-3)81-105-93-45-33-35-47-95(93)106(96-48-36-34-46-94(96)105)82-92(55-51-89-61-69-101-102(70-62-89)112(120(128)136-78-42-30-22-14-6)85-111(101)119(127)135-77-41-29-21-13-5)56-52-90-63-71-103-104(72-64-90)114(122(130)138-80-44-32-24-16-8)86-113(103)121(129)137-79-43-31-23-15-7/h33-36,45-48,57-72,81-86H,9-32,37-44,73-80H2,1-8H3. The van der Waals surface area contributed by atoms with Gasteiger partial charge in [0.05, 0.1) is 109 Å². The van der Waals surface area contributed by atoms with Crippen molar-refractivity contribution in [2.24, 2.45) is 0 Å². The van der Waals surface area contributed by atoms with Crippen LogP contribution in [0.15, 0.2) is 181 Å². The van der Waals surface area contributed by atoms with Gasteiger partial charge in [0.15, 0.2) is 0 Å². The molecule has 8 aliphatic rings. The minimum atomic E-state index is -0.546. The van der Waals surface area contributed by atoms with E-state index in [2.05, 4.69) is 103 Å². The van der Waals surface area contributed by atoms with Crippen molar-refractivity contribution < 1.29 is 76.3 Å². The number of esters is 8. The second-order valence-corrected chi connectivity index (χ2v) is 35.3. The predicted molar refractivity (Wildman–Crippen MR) is 553 cm³/mol. The summed E-state index contributed by atoms with van der Waals surface area (Å²) >= 11 is 0. The zero-order valence-electron chi connectivity index (χ0n) is 82.1. The second kappa shape index (κ2) is 56.9. The van der Waals surface area contributed by atoms with Crippen LogP contribution in [0.4, 0.5) is 0 Å². The number of rotatable bonds is 50. The Morgan fingerprint density at radius 2 is 0.355 bits per heavy atom. The van der Waals surface area contributed by atoms with Crippen molar-refractivity contribution >= 4 is 81.5 Å². The quantitative estimate of drug-likeness (QED) is 0.0114. The maximum absolute atomic E-state index is 14.1. The van der Waals surface area contributed by atoms with E-state index in [9.17, 15) is 38.4 Å². The van der Waals surface area contributed by atoms with Gasteiger partial charge in [-0.25, -0.2) is 38.4 Å². The molecule has 0 heterocycles. The van der Waals surface area contributed by atoms with E-state index in [1.54, 1.807) is 72.8 Å². The monoisotopic (exact) mass is 1850 g/mol. The molecule has 0 bridgehead atoms. The molecule has 3 aromatic rings. The molecule has 3 aromatic carbocycles. The highest BCUT2D eigenvalue weighted by atomic mass is 16.6. The summed E-state index contributed by atoms with van der Waals surface area (Å²) in [5.74, 6) is 23.2. The SMILES string of the molecule is CCCCCCOC(=O)c1cc(C(=O)OCCCCCC)c2ccc(C#CC(C#Cc3ccc4c(C(=O)OCCCCCC)cc(C(=O)OCCCCCC)c-4cc3)=Cc3c4ccccc4c(C=C(C#Cc4ccc5c(C(=O)OCCCCCC)cc(C(=O)OCCCCCC)c-5cc4)C#Cc4ccc5c(C(=O)OCCCCCC)cc(C(=O)OCCCCCC)c-5cc4)c4ccccc34)ccc1-2. The van der Waals surface area contributed by atoms with Gasteiger partial charge in [-0.05, 0) is 213 Å². The van der Waals surface area contributed by atoms with Crippen LogP contribution in [0.2, 0.25) is 0 Å². The molecular weight excluding hydrogens is 1720 g/mol. The first-order valence-electron chi connectivity index (χ1n) is 50.6. The van der Waals surface area contributed by atoms with Crippen molar-refractivity contribution in [3.05, 3.63) is 259 Å². The summed E-state index contributed by atoms with van der Waals surface area (Å²) in [6.45, 7) is 18.8. The van der Waals surface area contributed by atoms with Crippen molar-refractivity contribution in [3.63, 3.8) is 0 Å². The van der Waals surface area contributed by atoms with Gasteiger partial charge in [-0.1, -0.05) is 354 Å². The number of ether oxygens (including phenoxy) is 8. The van der Waals surface area contributed by atoms with E-state index in [1.807, 2.05) is 109 Å². The third-order valence-electron chi connectivity index (χ3n) is 24.6. The van der Waals surface area contributed by atoms with Crippen molar-refractivity contribution in [1.82, 2.24) is 0 Å². The zero-order chi connectivity index (χ0) is 97.6. The molecular formula is C122H134O16. The zero-order valence-corrected chi connectivity index (χ0v) is 82.1. The molecule has 0 aliphatic heterocycles. The van der Waals surface area contributed by atoms with Gasteiger partial charge in [-0.2, -0.15) is 0 Å². The Kier molecular flexibility index (Phi) is 43.2. The lowest BCUT2D eigenvalue weighted by Crippen LogP contribution is -2.07. The molecule has 0 amide bonds. The first-order chi connectivity index (χ1) is 67.5. The molecule has 0 spiro atoms. The van der Waals surface area contributed by atoms with Crippen LogP contribution < -0.4 is 0 Å². The third kappa shape index (κ3) is 30.2. The summed E-state index contributed by atoms with van der Waals surface area (Å²) in [5.41, 5.74) is 10.3. The Balaban J connectivity index is 1.11. The Morgan fingerprint density at radius 3 is 0.500 bits per heavy atom. The largest absolute Gasteiger partial charge is 0.462 e. The maximum Gasteiger partial charge on any atom is 0.338 e. The van der Waals surface area contributed by atoms with E-state index in [1.165, 1.54) is 0 Å². The van der Waals surface area contributed by atoms with Crippen LogP contribution in [0, 0.1) is 47.4 Å². The van der Waals surface area contributed by atoms with Crippen LogP contribution in [0.25, 0.3) is 78.2 Å². The minimum absolute atomic E-state index is 0.227. The summed E-state index contributed by atoms with van der Waals surface area (Å²) in [4.78, 5) is 113. The van der Waals surface area contributed by atoms with Gasteiger partial charge >= 0.3 is 47.8 Å².